The zero-order valence-electron chi connectivity index (χ0n) is 10.5. The SMILES string of the molecule is CC(C(=O)O)N(C(=O)OCc1ccccc1)C1CO1. The molecule has 0 aromatic heterocycles. The van der Waals surface area contributed by atoms with Gasteiger partial charge in [-0.15, -0.1) is 0 Å². The molecule has 6 nitrogen and oxygen atoms in total. The molecule has 1 aromatic rings. The molecule has 1 aliphatic heterocycles. The maximum absolute atomic E-state index is 11.9. The molecular weight excluding hydrogens is 250 g/mol. The van der Waals surface area contributed by atoms with Gasteiger partial charge in [0.25, 0.3) is 0 Å². The summed E-state index contributed by atoms with van der Waals surface area (Å²) in [5, 5.41) is 8.96. The lowest BCUT2D eigenvalue weighted by Gasteiger charge is -2.23. The van der Waals surface area contributed by atoms with E-state index in [1.54, 1.807) is 0 Å². The Morgan fingerprint density at radius 3 is 2.63 bits per heavy atom. The number of epoxide rings is 1. The molecule has 1 saturated heterocycles. The van der Waals surface area contributed by atoms with E-state index in [4.69, 9.17) is 14.6 Å². The highest BCUT2D eigenvalue weighted by atomic mass is 16.6. The van der Waals surface area contributed by atoms with Crippen LogP contribution in [0.5, 0.6) is 0 Å². The molecule has 2 atom stereocenters. The molecule has 1 aliphatic rings. The quantitative estimate of drug-likeness (QED) is 0.815. The van der Waals surface area contributed by atoms with Crippen molar-refractivity contribution >= 4 is 12.1 Å². The van der Waals surface area contributed by atoms with E-state index in [2.05, 4.69) is 0 Å². The molecule has 1 amide bonds. The van der Waals surface area contributed by atoms with E-state index in [0.29, 0.717) is 6.61 Å². The summed E-state index contributed by atoms with van der Waals surface area (Å²) in [7, 11) is 0. The van der Waals surface area contributed by atoms with Gasteiger partial charge in [0, 0.05) is 0 Å². The fraction of sp³-hybridized carbons (Fsp3) is 0.385. The van der Waals surface area contributed by atoms with Gasteiger partial charge in [0.05, 0.1) is 6.61 Å². The number of carboxylic acids is 1. The minimum Gasteiger partial charge on any atom is -0.480 e. The number of carbonyl (C=O) groups is 2. The second-order valence-electron chi connectivity index (χ2n) is 4.25. The second-order valence-corrected chi connectivity index (χ2v) is 4.25. The average Bonchev–Trinajstić information content (AvgIpc) is 3.22. The molecule has 1 aromatic carbocycles. The predicted octanol–water partition coefficient (Wildman–Crippen LogP) is 1.45. The molecule has 0 saturated carbocycles. The number of amides is 1. The van der Waals surface area contributed by atoms with Crippen molar-refractivity contribution in [2.45, 2.75) is 25.8 Å². The van der Waals surface area contributed by atoms with Crippen LogP contribution in [0, 0.1) is 0 Å². The summed E-state index contributed by atoms with van der Waals surface area (Å²) in [5.41, 5.74) is 0.843. The Labute approximate surface area is 110 Å². The first-order valence-corrected chi connectivity index (χ1v) is 5.93. The van der Waals surface area contributed by atoms with Gasteiger partial charge in [-0.3, -0.25) is 4.90 Å². The Hall–Kier alpha value is -2.08. The first-order chi connectivity index (χ1) is 9.09. The van der Waals surface area contributed by atoms with Crippen molar-refractivity contribution in [2.24, 2.45) is 0 Å². The second kappa shape index (κ2) is 5.71. The van der Waals surface area contributed by atoms with E-state index >= 15 is 0 Å². The smallest absolute Gasteiger partial charge is 0.412 e. The van der Waals surface area contributed by atoms with Crippen LogP contribution in [0.1, 0.15) is 12.5 Å². The fourth-order valence-corrected chi connectivity index (χ4v) is 1.64. The number of benzene rings is 1. The number of rotatable bonds is 5. The van der Waals surface area contributed by atoms with Gasteiger partial charge in [-0.2, -0.15) is 0 Å². The van der Waals surface area contributed by atoms with E-state index in [-0.39, 0.29) is 6.61 Å². The Morgan fingerprint density at radius 1 is 1.47 bits per heavy atom. The van der Waals surface area contributed by atoms with Crippen molar-refractivity contribution < 1.29 is 24.2 Å². The Kier molecular flexibility index (Phi) is 4.01. The van der Waals surface area contributed by atoms with Gasteiger partial charge < -0.3 is 14.6 Å². The molecule has 1 N–H and O–H groups in total. The molecule has 1 heterocycles. The normalized spacial score (nSPS) is 18.5. The molecule has 1 fully saturated rings. The van der Waals surface area contributed by atoms with Crippen LogP contribution in [0.15, 0.2) is 30.3 Å². The van der Waals surface area contributed by atoms with Gasteiger partial charge >= 0.3 is 12.1 Å². The lowest BCUT2D eigenvalue weighted by Crippen LogP contribution is -2.45. The first kappa shape index (κ1) is 13.4. The molecule has 2 rings (SSSR count). The van der Waals surface area contributed by atoms with E-state index < -0.39 is 24.3 Å². The maximum atomic E-state index is 11.9. The van der Waals surface area contributed by atoms with Crippen molar-refractivity contribution in [1.82, 2.24) is 4.90 Å². The molecule has 0 radical (unpaired) electrons. The summed E-state index contributed by atoms with van der Waals surface area (Å²) in [5.74, 6) is -1.09. The highest BCUT2D eigenvalue weighted by Gasteiger charge is 2.40. The number of aliphatic carboxylic acids is 1. The van der Waals surface area contributed by atoms with Crippen molar-refractivity contribution in [2.75, 3.05) is 6.61 Å². The van der Waals surface area contributed by atoms with Crippen LogP contribution in [0.3, 0.4) is 0 Å². The molecule has 0 aliphatic carbocycles. The first-order valence-electron chi connectivity index (χ1n) is 5.93. The van der Waals surface area contributed by atoms with E-state index in [0.717, 1.165) is 10.5 Å². The molecule has 102 valence electrons. The summed E-state index contributed by atoms with van der Waals surface area (Å²) in [6.07, 6.45) is -1.17. The molecule has 0 spiro atoms. The van der Waals surface area contributed by atoms with Crippen molar-refractivity contribution in [3.63, 3.8) is 0 Å². The summed E-state index contributed by atoms with van der Waals surface area (Å²) in [4.78, 5) is 24.0. The number of hydrogen-bond acceptors (Lipinski definition) is 4. The molecular formula is C13H15NO5. The van der Waals surface area contributed by atoms with E-state index in [9.17, 15) is 9.59 Å². The highest BCUT2D eigenvalue weighted by molar-refractivity contribution is 5.80. The third-order valence-electron chi connectivity index (χ3n) is 2.82. The zero-order chi connectivity index (χ0) is 13.8. The number of nitrogens with zero attached hydrogens (tertiary/aromatic N) is 1. The van der Waals surface area contributed by atoms with Crippen LogP contribution in [-0.2, 0) is 20.9 Å². The largest absolute Gasteiger partial charge is 0.480 e. The standard InChI is InChI=1S/C13H15NO5/c1-9(12(15)16)14(11-8-18-11)13(17)19-7-10-5-3-2-4-6-10/h2-6,9,11H,7-8H2,1H3,(H,15,16). The van der Waals surface area contributed by atoms with Crippen LogP contribution in [0.25, 0.3) is 0 Å². The molecule has 6 heteroatoms. The fourth-order valence-electron chi connectivity index (χ4n) is 1.64. The minimum atomic E-state index is -1.09. The van der Waals surface area contributed by atoms with Gasteiger partial charge in [-0.05, 0) is 12.5 Å². The van der Waals surface area contributed by atoms with Crippen LogP contribution in [0.4, 0.5) is 4.79 Å². The summed E-state index contributed by atoms with van der Waals surface area (Å²) in [6.45, 7) is 1.88. The van der Waals surface area contributed by atoms with Gasteiger partial charge in [-0.1, -0.05) is 30.3 Å². The lowest BCUT2D eigenvalue weighted by atomic mass is 10.2. The summed E-state index contributed by atoms with van der Waals surface area (Å²) >= 11 is 0. The maximum Gasteiger partial charge on any atom is 0.412 e. The third kappa shape index (κ3) is 3.45. The van der Waals surface area contributed by atoms with Crippen molar-refractivity contribution in [3.05, 3.63) is 35.9 Å². The Bertz CT molecular complexity index is 457. The van der Waals surface area contributed by atoms with Crippen LogP contribution in [-0.4, -0.2) is 40.9 Å². The number of hydrogen-bond donors (Lipinski definition) is 1. The topological polar surface area (TPSA) is 79.4 Å². The lowest BCUT2D eigenvalue weighted by molar-refractivity contribution is -0.142. The van der Waals surface area contributed by atoms with Gasteiger partial charge in [-0.25, -0.2) is 9.59 Å². The van der Waals surface area contributed by atoms with Crippen LogP contribution >= 0.6 is 0 Å². The van der Waals surface area contributed by atoms with Crippen molar-refractivity contribution in [1.29, 1.82) is 0 Å². The molecule has 0 bridgehead atoms. The Balaban J connectivity index is 1.95. The molecule has 19 heavy (non-hydrogen) atoms. The van der Waals surface area contributed by atoms with Gasteiger partial charge in [0.15, 0.2) is 6.23 Å². The minimum absolute atomic E-state index is 0.106. The zero-order valence-corrected chi connectivity index (χ0v) is 10.5. The van der Waals surface area contributed by atoms with E-state index in [1.165, 1.54) is 6.92 Å². The number of carboxylic acid groups (broad SMARTS) is 1. The highest BCUT2D eigenvalue weighted by Crippen LogP contribution is 2.20. The third-order valence-corrected chi connectivity index (χ3v) is 2.82. The van der Waals surface area contributed by atoms with E-state index in [1.807, 2.05) is 30.3 Å². The van der Waals surface area contributed by atoms with Crippen molar-refractivity contribution in [3.8, 4) is 0 Å². The van der Waals surface area contributed by atoms with Crippen LogP contribution < -0.4 is 0 Å². The summed E-state index contributed by atoms with van der Waals surface area (Å²) < 4.78 is 10.1. The molecule has 2 unspecified atom stereocenters. The number of ether oxygens (including phenoxy) is 2. The van der Waals surface area contributed by atoms with Gasteiger partial charge in [0.1, 0.15) is 12.6 Å². The van der Waals surface area contributed by atoms with Gasteiger partial charge in [0.2, 0.25) is 0 Å². The summed E-state index contributed by atoms with van der Waals surface area (Å²) in [6, 6.07) is 8.21. The average molecular weight is 265 g/mol. The Morgan fingerprint density at radius 2 is 2.11 bits per heavy atom. The monoisotopic (exact) mass is 265 g/mol. The number of carbonyl (C=O) groups excluding carboxylic acids is 1. The predicted molar refractivity (Wildman–Crippen MR) is 65.3 cm³/mol. The van der Waals surface area contributed by atoms with Crippen LogP contribution in [0.2, 0.25) is 0 Å².